The maximum absolute atomic E-state index is 12.4. The largest absolute Gasteiger partial charge is 0.278 e. The molecule has 0 spiro atoms. The second-order valence-corrected chi connectivity index (χ2v) is 8.94. The van der Waals surface area contributed by atoms with Gasteiger partial charge in [0.1, 0.15) is 0 Å². The van der Waals surface area contributed by atoms with Gasteiger partial charge in [-0.15, -0.1) is 0 Å². The van der Waals surface area contributed by atoms with Gasteiger partial charge < -0.3 is 0 Å². The Morgan fingerprint density at radius 2 is 1.59 bits per heavy atom. The lowest BCUT2D eigenvalue weighted by Gasteiger charge is -2.11. The first-order valence-corrected chi connectivity index (χ1v) is 9.94. The predicted molar refractivity (Wildman–Crippen MR) is 86.5 cm³/mol. The van der Waals surface area contributed by atoms with Crippen LogP contribution in [0.5, 0.6) is 0 Å². The lowest BCUT2D eigenvalue weighted by Crippen LogP contribution is -2.14. The Labute approximate surface area is 134 Å². The van der Waals surface area contributed by atoms with Gasteiger partial charge in [-0.05, 0) is 42.8 Å². The third kappa shape index (κ3) is 3.79. The van der Waals surface area contributed by atoms with E-state index < -0.39 is 19.9 Å². The SMILES string of the molecule is Cc1ccc(NS(=O)(=O)c2cccc(S(C)(=O)=O)c2)c(Cl)c1. The van der Waals surface area contributed by atoms with E-state index in [0.717, 1.165) is 17.9 Å². The van der Waals surface area contributed by atoms with E-state index >= 15 is 0 Å². The van der Waals surface area contributed by atoms with E-state index in [0.29, 0.717) is 0 Å². The third-order valence-corrected chi connectivity index (χ3v) is 5.70. The molecule has 0 saturated carbocycles. The number of halogens is 1. The first-order chi connectivity index (χ1) is 10.1. The highest BCUT2D eigenvalue weighted by molar-refractivity contribution is 7.93. The summed E-state index contributed by atoms with van der Waals surface area (Å²) in [5, 5.41) is 0.267. The Balaban J connectivity index is 2.43. The number of aryl methyl sites for hydroxylation is 1. The lowest BCUT2D eigenvalue weighted by atomic mass is 10.2. The zero-order valence-corrected chi connectivity index (χ0v) is 14.3. The first kappa shape index (κ1) is 16.8. The molecule has 0 aliphatic carbocycles. The van der Waals surface area contributed by atoms with Gasteiger partial charge in [-0.2, -0.15) is 0 Å². The number of nitrogens with one attached hydrogen (secondary N) is 1. The highest BCUT2D eigenvalue weighted by Crippen LogP contribution is 2.26. The molecule has 0 radical (unpaired) electrons. The van der Waals surface area contributed by atoms with Crippen molar-refractivity contribution in [1.82, 2.24) is 0 Å². The highest BCUT2D eigenvalue weighted by atomic mass is 35.5. The molecule has 22 heavy (non-hydrogen) atoms. The van der Waals surface area contributed by atoms with Crippen LogP contribution in [0.15, 0.2) is 52.3 Å². The van der Waals surface area contributed by atoms with Gasteiger partial charge in [0.15, 0.2) is 9.84 Å². The van der Waals surface area contributed by atoms with Gasteiger partial charge in [0.05, 0.1) is 20.5 Å². The molecule has 2 rings (SSSR count). The predicted octanol–water partition coefficient (Wildman–Crippen LogP) is 2.85. The number of benzene rings is 2. The topological polar surface area (TPSA) is 80.3 Å². The minimum atomic E-state index is -3.93. The summed E-state index contributed by atoms with van der Waals surface area (Å²) < 4.78 is 50.1. The second-order valence-electron chi connectivity index (χ2n) is 4.84. The molecule has 0 unspecified atom stereocenters. The number of rotatable bonds is 4. The van der Waals surface area contributed by atoms with Crippen LogP contribution in [0.3, 0.4) is 0 Å². The molecule has 0 atom stereocenters. The van der Waals surface area contributed by atoms with E-state index in [9.17, 15) is 16.8 Å². The van der Waals surface area contributed by atoms with Crippen LogP contribution in [0.1, 0.15) is 5.56 Å². The maximum atomic E-state index is 12.4. The Morgan fingerprint density at radius 3 is 2.18 bits per heavy atom. The Bertz CT molecular complexity index is 922. The van der Waals surface area contributed by atoms with Crippen molar-refractivity contribution in [2.24, 2.45) is 0 Å². The van der Waals surface area contributed by atoms with Gasteiger partial charge in [-0.25, -0.2) is 16.8 Å². The van der Waals surface area contributed by atoms with Gasteiger partial charge in [0.2, 0.25) is 0 Å². The number of sulfone groups is 1. The molecular weight excluding hydrogens is 346 g/mol. The summed E-state index contributed by atoms with van der Waals surface area (Å²) in [5.74, 6) is 0. The van der Waals surface area contributed by atoms with Crippen LogP contribution in [-0.4, -0.2) is 23.1 Å². The smallest absolute Gasteiger partial charge is 0.261 e. The number of hydrogen-bond acceptors (Lipinski definition) is 4. The summed E-state index contributed by atoms with van der Waals surface area (Å²) in [6.07, 6.45) is 1.02. The van der Waals surface area contributed by atoms with Crippen molar-refractivity contribution < 1.29 is 16.8 Å². The van der Waals surface area contributed by atoms with E-state index in [4.69, 9.17) is 11.6 Å². The average Bonchev–Trinajstić information content (AvgIpc) is 2.41. The standard InChI is InChI=1S/C14H14ClNO4S2/c1-10-6-7-14(13(15)8-10)16-22(19,20)12-5-3-4-11(9-12)21(2,17)18/h3-9,16H,1-2H3. The molecule has 2 aromatic carbocycles. The lowest BCUT2D eigenvalue weighted by molar-refractivity contribution is 0.599. The minimum Gasteiger partial charge on any atom is -0.278 e. The Hall–Kier alpha value is -1.57. The first-order valence-electron chi connectivity index (χ1n) is 6.19. The summed E-state index contributed by atoms with van der Waals surface area (Å²) >= 11 is 6.00. The fourth-order valence-corrected chi connectivity index (χ4v) is 3.98. The van der Waals surface area contributed by atoms with Crippen LogP contribution in [0, 0.1) is 6.92 Å². The normalized spacial score (nSPS) is 12.1. The summed E-state index contributed by atoms with van der Waals surface area (Å²) in [4.78, 5) is -0.211. The van der Waals surface area contributed by atoms with E-state index in [-0.39, 0.29) is 20.5 Å². The van der Waals surface area contributed by atoms with Crippen LogP contribution < -0.4 is 4.72 Å². The molecule has 0 saturated heterocycles. The van der Waals surface area contributed by atoms with E-state index in [1.165, 1.54) is 18.2 Å². The van der Waals surface area contributed by atoms with Gasteiger partial charge in [0.25, 0.3) is 10.0 Å². The van der Waals surface area contributed by atoms with Gasteiger partial charge >= 0.3 is 0 Å². The number of anilines is 1. The van der Waals surface area contributed by atoms with E-state index in [1.54, 1.807) is 18.2 Å². The fourth-order valence-electron chi connectivity index (χ4n) is 1.78. The highest BCUT2D eigenvalue weighted by Gasteiger charge is 2.18. The summed E-state index contributed by atoms with van der Waals surface area (Å²) in [6.45, 7) is 1.83. The van der Waals surface area contributed by atoms with Crippen LogP contribution in [-0.2, 0) is 19.9 Å². The molecule has 0 amide bonds. The molecule has 0 fully saturated rings. The van der Waals surface area contributed by atoms with Crippen molar-refractivity contribution in [2.75, 3.05) is 11.0 Å². The molecule has 118 valence electrons. The minimum absolute atomic E-state index is 0.0645. The maximum Gasteiger partial charge on any atom is 0.261 e. The quantitative estimate of drug-likeness (QED) is 0.910. The molecule has 1 N–H and O–H groups in total. The van der Waals surface area contributed by atoms with Crippen molar-refractivity contribution in [3.8, 4) is 0 Å². The molecule has 0 aliphatic heterocycles. The van der Waals surface area contributed by atoms with Gasteiger partial charge in [-0.3, -0.25) is 4.72 Å². The molecule has 0 aliphatic rings. The monoisotopic (exact) mass is 359 g/mol. The molecule has 0 heterocycles. The van der Waals surface area contributed by atoms with Crippen molar-refractivity contribution in [1.29, 1.82) is 0 Å². The summed E-state index contributed by atoms with van der Waals surface area (Å²) in [6, 6.07) is 10.0. The zero-order valence-electron chi connectivity index (χ0n) is 11.9. The molecule has 5 nitrogen and oxygen atoms in total. The zero-order chi connectivity index (χ0) is 16.5. The van der Waals surface area contributed by atoms with Crippen molar-refractivity contribution >= 4 is 37.1 Å². The molecule has 2 aromatic rings. The van der Waals surface area contributed by atoms with Gasteiger partial charge in [0, 0.05) is 6.26 Å². The van der Waals surface area contributed by atoms with Crippen LogP contribution >= 0.6 is 11.6 Å². The van der Waals surface area contributed by atoms with E-state index in [2.05, 4.69) is 4.72 Å². The van der Waals surface area contributed by atoms with Crippen molar-refractivity contribution in [2.45, 2.75) is 16.7 Å². The van der Waals surface area contributed by atoms with Crippen molar-refractivity contribution in [3.05, 3.63) is 53.1 Å². The van der Waals surface area contributed by atoms with E-state index in [1.807, 2.05) is 6.92 Å². The third-order valence-electron chi connectivity index (χ3n) is 2.91. The Kier molecular flexibility index (Phi) is 4.51. The van der Waals surface area contributed by atoms with Gasteiger partial charge in [-0.1, -0.05) is 23.7 Å². The molecule has 0 aromatic heterocycles. The van der Waals surface area contributed by atoms with Crippen LogP contribution in [0.2, 0.25) is 5.02 Å². The Morgan fingerprint density at radius 1 is 0.955 bits per heavy atom. The fraction of sp³-hybridized carbons (Fsp3) is 0.143. The average molecular weight is 360 g/mol. The number of sulfonamides is 1. The molecular formula is C14H14ClNO4S2. The molecule has 0 bridgehead atoms. The summed E-state index contributed by atoms with van der Waals surface area (Å²) in [5.41, 5.74) is 1.13. The number of hydrogen-bond donors (Lipinski definition) is 1. The molecule has 8 heteroatoms. The summed E-state index contributed by atoms with van der Waals surface area (Å²) in [7, 11) is -7.42. The van der Waals surface area contributed by atoms with Crippen LogP contribution in [0.4, 0.5) is 5.69 Å². The van der Waals surface area contributed by atoms with Crippen molar-refractivity contribution in [3.63, 3.8) is 0 Å². The second kappa shape index (κ2) is 5.91. The van der Waals surface area contributed by atoms with Crippen LogP contribution in [0.25, 0.3) is 0 Å².